The predicted octanol–water partition coefficient (Wildman–Crippen LogP) is 7.56. The molecule has 178 valence electrons. The Morgan fingerprint density at radius 3 is 2.46 bits per heavy atom. The topological polar surface area (TPSA) is 58.8 Å². The highest BCUT2D eigenvalue weighted by atomic mass is 35.5. The van der Waals surface area contributed by atoms with Crippen LogP contribution in [0.4, 0.5) is 17.6 Å². The Hall–Kier alpha value is -3.48. The summed E-state index contributed by atoms with van der Waals surface area (Å²) in [5.41, 5.74) is 1.21. The van der Waals surface area contributed by atoms with E-state index in [0.717, 1.165) is 22.7 Å². The molecule has 4 nitrogen and oxygen atoms in total. The minimum absolute atomic E-state index is 0.239. The first-order valence-electron chi connectivity index (χ1n) is 10.3. The number of aromatic nitrogens is 2. The molecule has 35 heavy (non-hydrogen) atoms. The summed E-state index contributed by atoms with van der Waals surface area (Å²) >= 11 is 7.43. The maximum Gasteiger partial charge on any atom is 0.433 e. The van der Waals surface area contributed by atoms with Gasteiger partial charge < -0.3 is 4.74 Å². The van der Waals surface area contributed by atoms with Gasteiger partial charge in [-0.3, -0.25) is 4.98 Å². The van der Waals surface area contributed by atoms with Crippen LogP contribution in [-0.4, -0.2) is 9.97 Å². The molecule has 0 N–H and O–H groups in total. The maximum atomic E-state index is 13.4. The van der Waals surface area contributed by atoms with Crippen molar-refractivity contribution in [3.8, 4) is 22.4 Å². The lowest BCUT2D eigenvalue weighted by molar-refractivity contribution is -0.141. The van der Waals surface area contributed by atoms with Crippen molar-refractivity contribution in [2.45, 2.75) is 25.6 Å². The number of pyridine rings is 1. The molecule has 0 bridgehead atoms. The van der Waals surface area contributed by atoms with Crippen molar-refractivity contribution < 1.29 is 22.3 Å². The van der Waals surface area contributed by atoms with Gasteiger partial charge in [0, 0.05) is 24.2 Å². The molecule has 1 atom stereocenters. The lowest BCUT2D eigenvalue weighted by Gasteiger charge is -2.19. The maximum absolute atomic E-state index is 13.4. The molecule has 0 aliphatic heterocycles. The monoisotopic (exact) mass is 517 g/mol. The second-order valence-electron chi connectivity index (χ2n) is 7.59. The third kappa shape index (κ3) is 5.78. The molecule has 0 fully saturated rings. The van der Waals surface area contributed by atoms with E-state index in [9.17, 15) is 17.6 Å². The summed E-state index contributed by atoms with van der Waals surface area (Å²) in [6, 6.07) is 14.9. The summed E-state index contributed by atoms with van der Waals surface area (Å²) in [5, 5.41) is 9.84. The van der Waals surface area contributed by atoms with Gasteiger partial charge in [0.15, 0.2) is 0 Å². The summed E-state index contributed by atoms with van der Waals surface area (Å²) in [6.45, 7) is 1.78. The van der Waals surface area contributed by atoms with E-state index < -0.39 is 18.0 Å². The Balaban J connectivity index is 1.68. The number of rotatable bonds is 6. The van der Waals surface area contributed by atoms with E-state index in [1.807, 2.05) is 6.07 Å². The van der Waals surface area contributed by atoms with Crippen LogP contribution in [0, 0.1) is 24.1 Å². The Morgan fingerprint density at radius 2 is 1.86 bits per heavy atom. The summed E-state index contributed by atoms with van der Waals surface area (Å²) in [4.78, 5) is 8.78. The average molecular weight is 518 g/mol. The summed E-state index contributed by atoms with van der Waals surface area (Å²) < 4.78 is 58.2. The van der Waals surface area contributed by atoms with Gasteiger partial charge in [0.1, 0.15) is 34.4 Å². The number of ether oxygens (including phenoxy) is 1. The molecule has 2 aromatic carbocycles. The van der Waals surface area contributed by atoms with E-state index in [1.165, 1.54) is 35.6 Å². The van der Waals surface area contributed by atoms with Gasteiger partial charge >= 0.3 is 6.18 Å². The molecule has 4 aromatic rings. The molecule has 2 heterocycles. The number of hydrogen-bond acceptors (Lipinski definition) is 5. The number of hydrogen-bond donors (Lipinski definition) is 0. The lowest BCUT2D eigenvalue weighted by Crippen LogP contribution is -2.11. The van der Waals surface area contributed by atoms with Crippen molar-refractivity contribution in [3.05, 3.63) is 99.0 Å². The predicted molar refractivity (Wildman–Crippen MR) is 125 cm³/mol. The normalized spacial score (nSPS) is 12.3. The van der Waals surface area contributed by atoms with E-state index in [-0.39, 0.29) is 10.8 Å². The number of nitriles is 1. The SMILES string of the molecule is Cc1nc(-c2ccc(C(F)(F)F)nc2)sc1C(Cc1ccc(F)cc1)Oc1ccc(C#N)c(Cl)c1. The van der Waals surface area contributed by atoms with E-state index in [4.69, 9.17) is 21.6 Å². The van der Waals surface area contributed by atoms with E-state index in [2.05, 4.69) is 9.97 Å². The van der Waals surface area contributed by atoms with E-state index in [1.54, 1.807) is 31.2 Å². The zero-order chi connectivity index (χ0) is 25.2. The van der Waals surface area contributed by atoms with Crippen LogP contribution in [0.3, 0.4) is 0 Å². The second kappa shape index (κ2) is 10.0. The Bertz CT molecular complexity index is 1380. The second-order valence-corrected chi connectivity index (χ2v) is 9.03. The van der Waals surface area contributed by atoms with Crippen LogP contribution in [0.25, 0.3) is 10.6 Å². The standard InChI is InChI=1S/C25H16ClF4N3OS/c1-14-23(35-24(33-14)17-5-9-22(32-13-17)25(28,29)30)21(10-15-2-6-18(27)7-3-15)34-19-8-4-16(12-31)20(26)11-19/h2-9,11,13,21H,10H2,1H3. The summed E-state index contributed by atoms with van der Waals surface area (Å²) in [7, 11) is 0. The van der Waals surface area contributed by atoms with Gasteiger partial charge in [0.25, 0.3) is 0 Å². The average Bonchev–Trinajstić information content (AvgIpc) is 3.21. The van der Waals surface area contributed by atoms with Gasteiger partial charge in [0.2, 0.25) is 0 Å². The van der Waals surface area contributed by atoms with Crippen LogP contribution in [0.5, 0.6) is 5.75 Å². The third-order valence-electron chi connectivity index (χ3n) is 5.10. The van der Waals surface area contributed by atoms with Gasteiger partial charge in [-0.25, -0.2) is 9.37 Å². The molecular weight excluding hydrogens is 502 g/mol. The quantitative estimate of drug-likeness (QED) is 0.248. The van der Waals surface area contributed by atoms with E-state index in [0.29, 0.717) is 34.0 Å². The first-order valence-corrected chi connectivity index (χ1v) is 11.4. The Labute approximate surface area is 207 Å². The van der Waals surface area contributed by atoms with Gasteiger partial charge in [-0.2, -0.15) is 18.4 Å². The Kier molecular flexibility index (Phi) is 7.05. The van der Waals surface area contributed by atoms with Crippen LogP contribution in [0.1, 0.15) is 33.5 Å². The molecular formula is C25H16ClF4N3OS. The van der Waals surface area contributed by atoms with Crippen molar-refractivity contribution in [1.29, 1.82) is 5.26 Å². The van der Waals surface area contributed by atoms with Gasteiger partial charge in [-0.05, 0) is 48.9 Å². The molecule has 0 spiro atoms. The fourth-order valence-electron chi connectivity index (χ4n) is 3.37. The number of thiazole rings is 1. The largest absolute Gasteiger partial charge is 0.484 e. The van der Waals surface area contributed by atoms with Gasteiger partial charge in [-0.15, -0.1) is 11.3 Å². The number of aryl methyl sites for hydroxylation is 1. The summed E-state index contributed by atoms with van der Waals surface area (Å²) in [5.74, 6) is 0.0582. The van der Waals surface area contributed by atoms with Crippen molar-refractivity contribution in [2.24, 2.45) is 0 Å². The number of alkyl halides is 3. The molecule has 0 aliphatic carbocycles. The van der Waals surface area contributed by atoms with Crippen molar-refractivity contribution >= 4 is 22.9 Å². The smallest absolute Gasteiger partial charge is 0.433 e. The molecule has 0 saturated carbocycles. The zero-order valence-electron chi connectivity index (χ0n) is 18.1. The van der Waals surface area contributed by atoms with Crippen LogP contribution in [-0.2, 0) is 12.6 Å². The molecule has 0 aliphatic rings. The van der Waals surface area contributed by atoms with Crippen LogP contribution in [0.15, 0.2) is 60.8 Å². The molecule has 10 heteroatoms. The minimum Gasteiger partial charge on any atom is -0.484 e. The van der Waals surface area contributed by atoms with Gasteiger partial charge in [-0.1, -0.05) is 23.7 Å². The zero-order valence-corrected chi connectivity index (χ0v) is 19.7. The van der Waals surface area contributed by atoms with Crippen LogP contribution >= 0.6 is 22.9 Å². The summed E-state index contributed by atoms with van der Waals surface area (Å²) in [6.07, 6.45) is -3.58. The van der Waals surface area contributed by atoms with Gasteiger partial charge in [0.05, 0.1) is 21.2 Å². The molecule has 2 aromatic heterocycles. The molecule has 4 rings (SSSR count). The van der Waals surface area contributed by atoms with Crippen molar-refractivity contribution in [2.75, 3.05) is 0 Å². The van der Waals surface area contributed by atoms with Crippen molar-refractivity contribution in [3.63, 3.8) is 0 Å². The highest BCUT2D eigenvalue weighted by molar-refractivity contribution is 7.15. The fourth-order valence-corrected chi connectivity index (χ4v) is 4.66. The first kappa shape index (κ1) is 24.6. The highest BCUT2D eigenvalue weighted by Gasteiger charge is 2.32. The number of halogens is 5. The third-order valence-corrected chi connectivity index (χ3v) is 6.71. The lowest BCUT2D eigenvalue weighted by atomic mass is 10.1. The number of nitrogens with zero attached hydrogens (tertiary/aromatic N) is 3. The van der Waals surface area contributed by atoms with Crippen LogP contribution in [0.2, 0.25) is 5.02 Å². The minimum atomic E-state index is -4.53. The first-order chi connectivity index (χ1) is 16.6. The number of benzene rings is 2. The van der Waals surface area contributed by atoms with Crippen molar-refractivity contribution in [1.82, 2.24) is 9.97 Å². The molecule has 0 amide bonds. The highest BCUT2D eigenvalue weighted by Crippen LogP contribution is 2.37. The van der Waals surface area contributed by atoms with E-state index >= 15 is 0 Å². The fraction of sp³-hybridized carbons (Fsp3) is 0.160. The van der Waals surface area contributed by atoms with Crippen LogP contribution < -0.4 is 4.74 Å². The molecule has 1 unspecified atom stereocenters. The molecule has 0 saturated heterocycles. The Morgan fingerprint density at radius 1 is 1.11 bits per heavy atom. The molecule has 0 radical (unpaired) electrons.